The van der Waals surface area contributed by atoms with Gasteiger partial charge in [-0.05, 0) is 36.5 Å². The Morgan fingerprint density at radius 3 is 2.70 bits per heavy atom. The lowest BCUT2D eigenvalue weighted by Crippen LogP contribution is -2.41. The first-order chi connectivity index (χ1) is 9.70. The second-order valence-electron chi connectivity index (χ2n) is 5.46. The fourth-order valence-corrected chi connectivity index (χ4v) is 2.80. The van der Waals surface area contributed by atoms with E-state index in [1.165, 1.54) is 18.4 Å². The summed E-state index contributed by atoms with van der Waals surface area (Å²) < 4.78 is 1.75. The number of nitrogens with zero attached hydrogens (tertiary/aromatic N) is 3. The van der Waals surface area contributed by atoms with Gasteiger partial charge in [-0.3, -0.25) is 4.68 Å². The number of rotatable bonds is 5. The summed E-state index contributed by atoms with van der Waals surface area (Å²) in [5.41, 5.74) is 1.40. The third kappa shape index (κ3) is 3.19. The van der Waals surface area contributed by atoms with Gasteiger partial charge < -0.3 is 5.32 Å². The molecule has 0 unspecified atom stereocenters. The van der Waals surface area contributed by atoms with Crippen molar-refractivity contribution in [2.45, 2.75) is 31.2 Å². The molecule has 1 saturated carbocycles. The average molecular weight is 291 g/mol. The molecule has 106 valence electrons. The molecule has 0 radical (unpaired) electrons. The highest BCUT2D eigenvalue weighted by atomic mass is 35.5. The van der Waals surface area contributed by atoms with Crippen molar-refractivity contribution in [1.29, 1.82) is 0 Å². The van der Waals surface area contributed by atoms with Crippen molar-refractivity contribution in [3.63, 3.8) is 0 Å². The van der Waals surface area contributed by atoms with E-state index < -0.39 is 0 Å². The van der Waals surface area contributed by atoms with Crippen molar-refractivity contribution < 1.29 is 0 Å². The van der Waals surface area contributed by atoms with Crippen LogP contribution in [-0.2, 0) is 13.5 Å². The van der Waals surface area contributed by atoms with Gasteiger partial charge in [0.1, 0.15) is 6.33 Å². The van der Waals surface area contributed by atoms with Crippen molar-refractivity contribution in [2.24, 2.45) is 7.05 Å². The van der Waals surface area contributed by atoms with Gasteiger partial charge in [-0.2, -0.15) is 5.10 Å². The maximum Gasteiger partial charge on any atom is 0.151 e. The number of aryl methyl sites for hydroxylation is 1. The SMILES string of the molecule is Cn1cnc(CCNC2CC(c3ccc(Cl)cc3)C2)n1. The van der Waals surface area contributed by atoms with Crippen molar-refractivity contribution in [1.82, 2.24) is 20.1 Å². The first-order valence-electron chi connectivity index (χ1n) is 7.04. The highest BCUT2D eigenvalue weighted by Crippen LogP contribution is 2.37. The van der Waals surface area contributed by atoms with Gasteiger partial charge >= 0.3 is 0 Å². The van der Waals surface area contributed by atoms with E-state index in [1.54, 1.807) is 11.0 Å². The zero-order valence-electron chi connectivity index (χ0n) is 11.6. The second-order valence-corrected chi connectivity index (χ2v) is 5.89. The molecule has 0 atom stereocenters. The van der Waals surface area contributed by atoms with Gasteiger partial charge in [0.25, 0.3) is 0 Å². The Labute approximate surface area is 124 Å². The van der Waals surface area contributed by atoms with E-state index in [0.717, 1.165) is 23.8 Å². The van der Waals surface area contributed by atoms with Crippen molar-refractivity contribution >= 4 is 11.6 Å². The van der Waals surface area contributed by atoms with Gasteiger partial charge in [0.05, 0.1) is 0 Å². The molecule has 0 spiro atoms. The molecular formula is C15H19ClN4. The van der Waals surface area contributed by atoms with Crippen LogP contribution < -0.4 is 5.32 Å². The molecular weight excluding hydrogens is 272 g/mol. The Hall–Kier alpha value is -1.39. The van der Waals surface area contributed by atoms with Crippen LogP contribution in [0.1, 0.15) is 30.1 Å². The summed E-state index contributed by atoms with van der Waals surface area (Å²) in [6, 6.07) is 8.86. The third-order valence-electron chi connectivity index (χ3n) is 3.91. The minimum atomic E-state index is 0.624. The molecule has 0 saturated heterocycles. The standard InChI is InChI=1S/C15H19ClN4/c1-20-10-18-15(19-20)6-7-17-14-8-12(9-14)11-2-4-13(16)5-3-11/h2-5,10,12,14,17H,6-9H2,1H3. The topological polar surface area (TPSA) is 42.7 Å². The van der Waals surface area contributed by atoms with Crippen LogP contribution in [0.2, 0.25) is 5.02 Å². The molecule has 0 aliphatic heterocycles. The Balaban J connectivity index is 1.39. The molecule has 1 fully saturated rings. The molecule has 1 aromatic heterocycles. The van der Waals surface area contributed by atoms with Crippen LogP contribution >= 0.6 is 11.6 Å². The Morgan fingerprint density at radius 2 is 2.05 bits per heavy atom. The molecule has 2 aromatic rings. The van der Waals surface area contributed by atoms with Crippen LogP contribution in [0, 0.1) is 0 Å². The lowest BCUT2D eigenvalue weighted by molar-refractivity contribution is 0.292. The number of halogens is 1. The Kier molecular flexibility index (Phi) is 4.03. The van der Waals surface area contributed by atoms with Crippen LogP contribution in [0.3, 0.4) is 0 Å². The first-order valence-corrected chi connectivity index (χ1v) is 7.42. The largest absolute Gasteiger partial charge is 0.313 e. The highest BCUT2D eigenvalue weighted by Gasteiger charge is 2.29. The van der Waals surface area contributed by atoms with Crippen molar-refractivity contribution in [3.05, 3.63) is 47.0 Å². The fraction of sp³-hybridized carbons (Fsp3) is 0.467. The van der Waals surface area contributed by atoms with Crippen molar-refractivity contribution in [2.75, 3.05) is 6.54 Å². The van der Waals surface area contributed by atoms with Crippen LogP contribution in [0.4, 0.5) is 0 Å². The molecule has 3 rings (SSSR count). The van der Waals surface area contributed by atoms with Gasteiger partial charge in [-0.15, -0.1) is 0 Å². The molecule has 1 N–H and O–H groups in total. The number of nitrogens with one attached hydrogen (secondary N) is 1. The molecule has 5 heteroatoms. The fourth-order valence-electron chi connectivity index (χ4n) is 2.68. The van der Waals surface area contributed by atoms with E-state index in [2.05, 4.69) is 27.5 Å². The predicted molar refractivity (Wildman–Crippen MR) is 79.9 cm³/mol. The molecule has 1 aliphatic rings. The molecule has 20 heavy (non-hydrogen) atoms. The smallest absolute Gasteiger partial charge is 0.151 e. The second kappa shape index (κ2) is 5.94. The highest BCUT2D eigenvalue weighted by molar-refractivity contribution is 6.30. The zero-order valence-corrected chi connectivity index (χ0v) is 12.3. The number of hydrogen-bond donors (Lipinski definition) is 1. The van der Waals surface area contributed by atoms with E-state index in [0.29, 0.717) is 12.0 Å². The number of benzene rings is 1. The van der Waals surface area contributed by atoms with E-state index in [1.807, 2.05) is 19.2 Å². The predicted octanol–water partition coefficient (Wildman–Crippen LogP) is 2.55. The van der Waals surface area contributed by atoms with Crippen LogP contribution in [0.15, 0.2) is 30.6 Å². The monoisotopic (exact) mass is 290 g/mol. The minimum Gasteiger partial charge on any atom is -0.313 e. The van der Waals surface area contributed by atoms with Gasteiger partial charge in [-0.1, -0.05) is 23.7 Å². The summed E-state index contributed by atoms with van der Waals surface area (Å²) in [5, 5.41) is 8.66. The van der Waals surface area contributed by atoms with Gasteiger partial charge in [0, 0.05) is 31.1 Å². The first kappa shape index (κ1) is 13.6. The van der Waals surface area contributed by atoms with E-state index >= 15 is 0 Å². The summed E-state index contributed by atoms with van der Waals surface area (Å²) in [6.07, 6.45) is 5.05. The summed E-state index contributed by atoms with van der Waals surface area (Å²) in [7, 11) is 1.90. The lowest BCUT2D eigenvalue weighted by atomic mass is 9.76. The summed E-state index contributed by atoms with van der Waals surface area (Å²) in [6.45, 7) is 0.946. The molecule has 0 amide bonds. The summed E-state index contributed by atoms with van der Waals surface area (Å²) >= 11 is 5.91. The lowest BCUT2D eigenvalue weighted by Gasteiger charge is -2.36. The Morgan fingerprint density at radius 1 is 1.30 bits per heavy atom. The Bertz CT molecular complexity index is 558. The maximum absolute atomic E-state index is 5.91. The normalized spacial score (nSPS) is 21.7. The summed E-state index contributed by atoms with van der Waals surface area (Å²) in [4.78, 5) is 4.23. The van der Waals surface area contributed by atoms with Crippen LogP contribution in [0.5, 0.6) is 0 Å². The molecule has 1 heterocycles. The average Bonchev–Trinajstić information content (AvgIpc) is 2.80. The molecule has 0 bridgehead atoms. The summed E-state index contributed by atoms with van der Waals surface area (Å²) in [5.74, 6) is 1.59. The van der Waals surface area contributed by atoms with Gasteiger partial charge in [0.2, 0.25) is 0 Å². The number of hydrogen-bond acceptors (Lipinski definition) is 3. The van der Waals surface area contributed by atoms with E-state index in [9.17, 15) is 0 Å². The van der Waals surface area contributed by atoms with Crippen LogP contribution in [-0.4, -0.2) is 27.4 Å². The maximum atomic E-state index is 5.91. The molecule has 1 aromatic carbocycles. The minimum absolute atomic E-state index is 0.624. The molecule has 4 nitrogen and oxygen atoms in total. The molecule has 1 aliphatic carbocycles. The number of aromatic nitrogens is 3. The van der Waals surface area contributed by atoms with Gasteiger partial charge in [-0.25, -0.2) is 4.98 Å². The van der Waals surface area contributed by atoms with E-state index in [4.69, 9.17) is 11.6 Å². The van der Waals surface area contributed by atoms with E-state index in [-0.39, 0.29) is 0 Å². The zero-order chi connectivity index (χ0) is 13.9. The van der Waals surface area contributed by atoms with Gasteiger partial charge in [0.15, 0.2) is 5.82 Å². The van der Waals surface area contributed by atoms with Crippen LogP contribution in [0.25, 0.3) is 0 Å². The third-order valence-corrected chi connectivity index (χ3v) is 4.16. The van der Waals surface area contributed by atoms with Crippen molar-refractivity contribution in [3.8, 4) is 0 Å². The quantitative estimate of drug-likeness (QED) is 0.920.